The molecule has 2 fully saturated rings. The molecule has 3 aromatic rings. The fourth-order valence-electron chi connectivity index (χ4n) is 8.83. The van der Waals surface area contributed by atoms with Crippen molar-refractivity contribution in [1.29, 1.82) is 0 Å². The van der Waals surface area contributed by atoms with Crippen molar-refractivity contribution in [2.24, 2.45) is 5.41 Å². The van der Waals surface area contributed by atoms with Crippen LogP contribution in [0.1, 0.15) is 139 Å². The van der Waals surface area contributed by atoms with Crippen LogP contribution in [0, 0.1) is 5.41 Å². The molecule has 18 nitrogen and oxygen atoms in total. The zero-order valence-electron chi connectivity index (χ0n) is 42.9. The number of Topliss-reactive ketones (excluding diaryl/α,β-unsaturated/α-hetero) is 2. The van der Waals surface area contributed by atoms with Gasteiger partial charge in [0.25, 0.3) is 17.7 Å². The van der Waals surface area contributed by atoms with E-state index in [1.165, 1.54) is 4.90 Å². The van der Waals surface area contributed by atoms with Crippen LogP contribution in [0.5, 0.6) is 17.2 Å². The minimum absolute atomic E-state index is 0.0297. The molecule has 3 unspecified atom stereocenters. The summed E-state index contributed by atoms with van der Waals surface area (Å²) in [4.78, 5) is 119. The molecule has 3 N–H and O–H groups in total. The summed E-state index contributed by atoms with van der Waals surface area (Å²) in [6.45, 7) is 5.46. The lowest BCUT2D eigenvalue weighted by atomic mass is 9.84. The quantitative estimate of drug-likeness (QED) is 0.0377. The number of nitrogens with one attached hydrogen (secondary N) is 3. The average Bonchev–Trinajstić information content (AvgIpc) is 3.74. The number of methoxy groups -OCH3 is 2. The molecule has 0 aromatic heterocycles. The minimum Gasteiger partial charge on any atom is -0.493 e. The first-order valence-electron chi connectivity index (χ1n) is 25.2. The molecule has 3 aliphatic rings. The van der Waals surface area contributed by atoms with Crippen molar-refractivity contribution in [3.05, 3.63) is 82.9 Å². The molecule has 386 valence electrons. The van der Waals surface area contributed by atoms with E-state index >= 15 is 0 Å². The van der Waals surface area contributed by atoms with Crippen molar-refractivity contribution < 1.29 is 63.5 Å². The van der Waals surface area contributed by atoms with E-state index in [2.05, 4.69) is 16.0 Å². The SMILES string of the molecule is [2H]C1(N2Cc3c(OCC(=O)NCCCCCC(=O)CCC(=O)Nc4cccc(C(CCc5ccc(OC)c(OC)c5)OC(=O)C5CCCCN5C(=O)C(=O)C(C)(C)CC)c4)cccc3C2=O)CCC(=O)NC1=O. The Morgan fingerprint density at radius 3 is 2.39 bits per heavy atom. The molecule has 6 amide bonds. The molecule has 3 heterocycles. The van der Waals surface area contributed by atoms with E-state index in [1.807, 2.05) is 19.1 Å². The van der Waals surface area contributed by atoms with E-state index in [9.17, 15) is 43.2 Å². The lowest BCUT2D eigenvalue weighted by Gasteiger charge is -2.36. The third-order valence-corrected chi connectivity index (χ3v) is 13.5. The van der Waals surface area contributed by atoms with Gasteiger partial charge in [0.05, 0.1) is 22.1 Å². The number of fused-ring (bicyclic) bond motifs is 1. The number of ketones is 2. The maximum atomic E-state index is 14.1. The Morgan fingerprint density at radius 2 is 1.64 bits per heavy atom. The number of ether oxygens (including phenoxy) is 4. The Labute approximate surface area is 421 Å². The second-order valence-corrected chi connectivity index (χ2v) is 18.9. The summed E-state index contributed by atoms with van der Waals surface area (Å²) >= 11 is 0. The van der Waals surface area contributed by atoms with Gasteiger partial charge in [-0.25, -0.2) is 4.79 Å². The molecule has 3 atom stereocenters. The van der Waals surface area contributed by atoms with E-state index in [1.54, 1.807) is 76.6 Å². The number of esters is 1. The first-order valence-corrected chi connectivity index (χ1v) is 24.7. The highest BCUT2D eigenvalue weighted by Crippen LogP contribution is 2.35. The number of anilines is 1. The Bertz CT molecular complexity index is 2580. The zero-order valence-corrected chi connectivity index (χ0v) is 41.9. The van der Waals surface area contributed by atoms with Gasteiger partial charge in [0.1, 0.15) is 29.7 Å². The van der Waals surface area contributed by atoms with Crippen LogP contribution in [0.15, 0.2) is 60.7 Å². The van der Waals surface area contributed by atoms with Crippen molar-refractivity contribution in [2.75, 3.05) is 39.2 Å². The molecule has 2 saturated heterocycles. The Kier molecular flexibility index (Phi) is 18.5. The van der Waals surface area contributed by atoms with Gasteiger partial charge >= 0.3 is 5.97 Å². The normalized spacial score (nSPS) is 18.3. The Hall–Kier alpha value is -7.11. The fraction of sp³-hybridized carbons (Fsp3) is 0.500. The molecule has 0 spiro atoms. The highest BCUT2D eigenvalue weighted by atomic mass is 16.5. The van der Waals surface area contributed by atoms with Crippen molar-refractivity contribution in [3.63, 3.8) is 0 Å². The van der Waals surface area contributed by atoms with Crippen LogP contribution in [0.3, 0.4) is 0 Å². The molecule has 3 aliphatic heterocycles. The standard InChI is InChI=1S/C54H67N5O13/c1-6-54(2,3)49(64)52(67)58-29-11-9-18-41(58)53(68)72-42(24-20-34-21-25-44(69-4)45(30-34)70-5)35-14-12-15-36(31-35)56-46(61)26-22-37(60)16-8-7-10-28-55-48(63)33-71-43-19-13-17-38-39(43)32-59(51(38)66)40-23-27-47(62)57-50(40)65/h12-15,17,19,21,25,30-31,40-42H,6-11,16,18,20,22-24,26-29,32-33H2,1-5H3,(H,55,63)(H,56,61)(H,57,62,65)/i40D. The second-order valence-electron chi connectivity index (χ2n) is 18.9. The third kappa shape index (κ3) is 14.1. The first-order chi connectivity index (χ1) is 34.9. The zero-order chi connectivity index (χ0) is 52.9. The third-order valence-electron chi connectivity index (χ3n) is 13.5. The summed E-state index contributed by atoms with van der Waals surface area (Å²) in [6, 6.07) is 14.3. The van der Waals surface area contributed by atoms with Gasteiger partial charge in [-0.15, -0.1) is 0 Å². The van der Waals surface area contributed by atoms with Crippen LogP contribution < -0.4 is 30.2 Å². The van der Waals surface area contributed by atoms with Gasteiger partial charge in [0, 0.05) is 61.0 Å². The van der Waals surface area contributed by atoms with E-state index in [0.717, 1.165) is 10.5 Å². The summed E-state index contributed by atoms with van der Waals surface area (Å²) in [7, 11) is 3.09. The molecule has 0 saturated carbocycles. The van der Waals surface area contributed by atoms with E-state index in [-0.39, 0.29) is 74.8 Å². The van der Waals surface area contributed by atoms with Gasteiger partial charge in [-0.1, -0.05) is 51.5 Å². The highest BCUT2D eigenvalue weighted by molar-refractivity contribution is 6.38. The van der Waals surface area contributed by atoms with Crippen molar-refractivity contribution in [3.8, 4) is 17.2 Å². The Balaban J connectivity index is 0.954. The predicted octanol–water partition coefficient (Wildman–Crippen LogP) is 6.11. The van der Waals surface area contributed by atoms with Crippen LogP contribution in [0.25, 0.3) is 0 Å². The van der Waals surface area contributed by atoms with E-state index in [4.69, 9.17) is 20.3 Å². The minimum atomic E-state index is -1.95. The van der Waals surface area contributed by atoms with E-state index < -0.39 is 64.9 Å². The molecule has 18 heteroatoms. The molecular weight excluding hydrogens is 927 g/mol. The molecule has 72 heavy (non-hydrogen) atoms. The van der Waals surface area contributed by atoms with Gasteiger partial charge < -0.3 is 39.4 Å². The van der Waals surface area contributed by atoms with Crippen LogP contribution in [0.2, 0.25) is 0 Å². The lowest BCUT2D eigenvalue weighted by Crippen LogP contribution is -2.53. The molecule has 3 aromatic carbocycles. The largest absolute Gasteiger partial charge is 0.493 e. The number of unbranched alkanes of at least 4 members (excludes halogenated alkanes) is 2. The number of carbonyl (C=O) groups is 9. The summed E-state index contributed by atoms with van der Waals surface area (Å²) in [6.07, 6.45) is 3.99. The van der Waals surface area contributed by atoms with Crippen LogP contribution in [-0.2, 0) is 56.1 Å². The van der Waals surface area contributed by atoms with Gasteiger partial charge in [0.15, 0.2) is 18.1 Å². The average molecular weight is 995 g/mol. The summed E-state index contributed by atoms with van der Waals surface area (Å²) < 4.78 is 31.6. The number of aryl methyl sites for hydroxylation is 1. The summed E-state index contributed by atoms with van der Waals surface area (Å²) in [5.74, 6) is -3.21. The Morgan fingerprint density at radius 1 is 0.861 bits per heavy atom. The molecule has 0 aliphatic carbocycles. The predicted molar refractivity (Wildman–Crippen MR) is 264 cm³/mol. The van der Waals surface area contributed by atoms with Crippen LogP contribution >= 0.6 is 0 Å². The van der Waals surface area contributed by atoms with Gasteiger partial charge in [-0.2, -0.15) is 0 Å². The molecule has 6 rings (SSSR count). The topological polar surface area (TPSA) is 233 Å². The fourth-order valence-corrected chi connectivity index (χ4v) is 8.83. The van der Waals surface area contributed by atoms with Crippen LogP contribution in [0.4, 0.5) is 5.69 Å². The number of piperidine rings is 2. The number of hydrogen-bond acceptors (Lipinski definition) is 13. The molecule has 0 bridgehead atoms. The number of benzene rings is 3. The van der Waals surface area contributed by atoms with E-state index in [0.29, 0.717) is 92.6 Å². The molecular formula is C54H67N5O13. The molecule has 0 radical (unpaired) electrons. The number of imide groups is 1. The first kappa shape index (κ1) is 52.7. The van der Waals surface area contributed by atoms with Crippen molar-refractivity contribution >= 4 is 58.7 Å². The summed E-state index contributed by atoms with van der Waals surface area (Å²) in [5.41, 5.74) is 1.76. The number of carbonyl (C=O) groups excluding carboxylic acids is 9. The number of rotatable bonds is 25. The van der Waals surface area contributed by atoms with Gasteiger partial charge in [-0.3, -0.25) is 43.7 Å². The monoisotopic (exact) mass is 994 g/mol. The number of amides is 6. The number of likely N-dealkylation sites (tertiary alicyclic amines) is 1. The van der Waals surface area contributed by atoms with Crippen molar-refractivity contribution in [2.45, 2.75) is 135 Å². The number of hydrogen-bond donors (Lipinski definition) is 3. The summed E-state index contributed by atoms with van der Waals surface area (Å²) in [5, 5.41) is 7.77. The number of nitrogens with zero attached hydrogens (tertiary/aromatic N) is 2. The van der Waals surface area contributed by atoms with Gasteiger partial charge in [0.2, 0.25) is 23.5 Å². The smallest absolute Gasteiger partial charge is 0.329 e. The maximum Gasteiger partial charge on any atom is 0.329 e. The highest BCUT2D eigenvalue weighted by Gasteiger charge is 2.42. The second kappa shape index (κ2) is 25.3. The lowest BCUT2D eigenvalue weighted by molar-refractivity contribution is -0.164. The maximum absolute atomic E-state index is 14.1. The van der Waals surface area contributed by atoms with Crippen molar-refractivity contribution in [1.82, 2.24) is 20.4 Å². The van der Waals surface area contributed by atoms with Gasteiger partial charge in [-0.05, 0) is 105 Å². The van der Waals surface area contributed by atoms with Crippen LogP contribution in [-0.4, -0.2) is 109 Å².